The minimum Gasteiger partial charge on any atom is -0.465 e. The zero-order chi connectivity index (χ0) is 28.4. The monoisotopic (exact) mass is 555 g/mol. The molecule has 1 aromatic carbocycles. The van der Waals surface area contributed by atoms with Crippen LogP contribution in [0.4, 0.5) is 5.69 Å². The molecule has 0 aliphatic carbocycles. The Bertz CT molecular complexity index is 1570. The lowest BCUT2D eigenvalue weighted by atomic mass is 10.1. The first-order valence-corrected chi connectivity index (χ1v) is 13.2. The van der Waals surface area contributed by atoms with Crippen molar-refractivity contribution in [3.63, 3.8) is 0 Å². The fourth-order valence-corrected chi connectivity index (χ4v) is 6.34. The van der Waals surface area contributed by atoms with Crippen LogP contribution in [0.5, 0.6) is 0 Å². The molecule has 0 unspecified atom stereocenters. The van der Waals surface area contributed by atoms with Gasteiger partial charge in [-0.3, -0.25) is 9.59 Å². The first-order valence-electron chi connectivity index (χ1n) is 11.5. The number of pyridine rings is 2. The summed E-state index contributed by atoms with van der Waals surface area (Å²) in [7, 11) is 1.26. The minimum absolute atomic E-state index is 0.0564. The van der Waals surface area contributed by atoms with Crippen LogP contribution in [-0.4, -0.2) is 34.9 Å². The highest BCUT2D eigenvalue weighted by molar-refractivity contribution is 8.08. The molecule has 0 spiro atoms. The van der Waals surface area contributed by atoms with Gasteiger partial charge in [-0.05, 0) is 75.2 Å². The molecule has 1 aliphatic heterocycles. The Labute approximate surface area is 233 Å². The number of carbonyl (C=O) groups is 3. The van der Waals surface area contributed by atoms with E-state index in [1.54, 1.807) is 39.8 Å². The van der Waals surface area contributed by atoms with Crippen LogP contribution in [0.1, 0.15) is 44.0 Å². The molecule has 1 aliphatic rings. The van der Waals surface area contributed by atoms with E-state index in [2.05, 4.69) is 22.1 Å². The van der Waals surface area contributed by atoms with E-state index < -0.39 is 17.8 Å². The zero-order valence-electron chi connectivity index (χ0n) is 21.6. The molecule has 39 heavy (non-hydrogen) atoms. The molecule has 4 rings (SSSR count). The maximum atomic E-state index is 13.8. The van der Waals surface area contributed by atoms with Crippen molar-refractivity contribution < 1.29 is 19.1 Å². The van der Waals surface area contributed by atoms with Crippen LogP contribution >= 0.6 is 23.5 Å². The maximum absolute atomic E-state index is 13.8. The smallest absolute Gasteiger partial charge is 0.337 e. The van der Waals surface area contributed by atoms with E-state index in [4.69, 9.17) is 4.74 Å². The number of methoxy groups -OCH3 is 1. The number of aryl methyl sites for hydroxylation is 4. The SMILES string of the molecule is COC(=O)c1ccc(N2C(=O)C(Sc3nc(C)cc(C)c3C#N)=C(Sc3nc(C)cc(C)c3C#N)C2=O)cc1. The second-order valence-electron chi connectivity index (χ2n) is 8.59. The van der Waals surface area contributed by atoms with Crippen LogP contribution in [0.3, 0.4) is 0 Å². The van der Waals surface area contributed by atoms with E-state index in [-0.39, 0.29) is 21.1 Å². The van der Waals surface area contributed by atoms with Crippen LogP contribution in [-0.2, 0) is 14.3 Å². The molecule has 2 amide bonds. The molecule has 11 heteroatoms. The molecular weight excluding hydrogens is 534 g/mol. The molecule has 0 atom stereocenters. The number of nitriles is 2. The quantitative estimate of drug-likeness (QED) is 0.305. The fourth-order valence-electron chi connectivity index (χ4n) is 3.99. The second-order valence-corrected chi connectivity index (χ2v) is 10.6. The van der Waals surface area contributed by atoms with Crippen molar-refractivity contribution >= 4 is 47.0 Å². The van der Waals surface area contributed by atoms with Gasteiger partial charge in [0.15, 0.2) is 0 Å². The third kappa shape index (κ3) is 5.28. The standard InChI is InChI=1S/C28H21N5O4S2/c1-14-10-16(3)31-24(20(14)12-29)38-22-23(39-25-21(13-30)15(2)11-17(4)32-25)27(35)33(26(22)34)19-8-6-18(7-9-19)28(36)37-5/h6-11H,1-5H3. The summed E-state index contributed by atoms with van der Waals surface area (Å²) in [5, 5.41) is 20.1. The summed E-state index contributed by atoms with van der Waals surface area (Å²) in [6.07, 6.45) is 0. The van der Waals surface area contributed by atoms with Crippen LogP contribution in [0, 0.1) is 50.4 Å². The first-order chi connectivity index (χ1) is 18.6. The van der Waals surface area contributed by atoms with Crippen LogP contribution in [0.2, 0.25) is 0 Å². The van der Waals surface area contributed by atoms with Crippen molar-refractivity contribution in [1.29, 1.82) is 10.5 Å². The molecule has 0 N–H and O–H groups in total. The number of anilines is 1. The molecule has 0 bridgehead atoms. The molecule has 3 heterocycles. The summed E-state index contributed by atoms with van der Waals surface area (Å²) < 4.78 is 4.73. The van der Waals surface area contributed by atoms with E-state index in [1.165, 1.54) is 31.4 Å². The number of thioether (sulfide) groups is 2. The number of hydrogen-bond donors (Lipinski definition) is 0. The summed E-state index contributed by atoms with van der Waals surface area (Å²) in [5.74, 6) is -1.79. The molecule has 0 saturated carbocycles. The molecular formula is C28H21N5O4S2. The Morgan fingerprint density at radius 1 is 0.821 bits per heavy atom. The summed E-state index contributed by atoms with van der Waals surface area (Å²) in [6, 6.07) is 13.7. The lowest BCUT2D eigenvalue weighted by molar-refractivity contribution is -0.120. The van der Waals surface area contributed by atoms with Crippen molar-refractivity contribution in [3.8, 4) is 12.1 Å². The molecule has 3 aromatic rings. The average molecular weight is 556 g/mol. The van der Waals surface area contributed by atoms with Gasteiger partial charge in [-0.15, -0.1) is 0 Å². The van der Waals surface area contributed by atoms with Gasteiger partial charge in [0.2, 0.25) is 0 Å². The van der Waals surface area contributed by atoms with Gasteiger partial charge in [0.1, 0.15) is 22.2 Å². The fraction of sp³-hybridized carbons (Fsp3) is 0.179. The summed E-state index contributed by atoms with van der Waals surface area (Å²) in [5.41, 5.74) is 3.78. The van der Waals surface area contributed by atoms with Crippen LogP contribution < -0.4 is 4.90 Å². The maximum Gasteiger partial charge on any atom is 0.337 e. The molecule has 2 aromatic heterocycles. The summed E-state index contributed by atoms with van der Waals surface area (Å²) in [4.78, 5) is 49.5. The highest BCUT2D eigenvalue weighted by Crippen LogP contribution is 2.45. The van der Waals surface area contributed by atoms with E-state index >= 15 is 0 Å². The molecule has 0 radical (unpaired) electrons. The Morgan fingerprint density at radius 3 is 1.64 bits per heavy atom. The average Bonchev–Trinajstić information content (AvgIpc) is 3.11. The van der Waals surface area contributed by atoms with Crippen LogP contribution in [0.15, 0.2) is 56.3 Å². The van der Waals surface area contributed by atoms with Crippen LogP contribution in [0.25, 0.3) is 0 Å². The Morgan fingerprint density at radius 2 is 1.26 bits per heavy atom. The Hall–Kier alpha value is -4.45. The normalized spacial score (nSPS) is 12.9. The summed E-state index contributed by atoms with van der Waals surface area (Å²) >= 11 is 1.86. The van der Waals surface area contributed by atoms with Gasteiger partial charge in [0, 0.05) is 11.4 Å². The predicted molar refractivity (Wildman–Crippen MR) is 146 cm³/mol. The molecule has 194 valence electrons. The van der Waals surface area contributed by atoms with E-state index in [9.17, 15) is 24.9 Å². The number of nitrogens with zero attached hydrogens (tertiary/aromatic N) is 5. The van der Waals surface area contributed by atoms with Crippen molar-refractivity contribution in [2.45, 2.75) is 37.7 Å². The second kappa shape index (κ2) is 11.1. The minimum atomic E-state index is -0.619. The molecule has 0 saturated heterocycles. The Balaban J connectivity index is 1.85. The number of aromatic nitrogens is 2. The number of imide groups is 1. The largest absolute Gasteiger partial charge is 0.465 e. The van der Waals surface area contributed by atoms with Gasteiger partial charge in [-0.1, -0.05) is 23.5 Å². The lowest BCUT2D eigenvalue weighted by Gasteiger charge is -2.15. The van der Waals surface area contributed by atoms with Gasteiger partial charge in [0.05, 0.1) is 39.3 Å². The van der Waals surface area contributed by atoms with Gasteiger partial charge in [0.25, 0.3) is 11.8 Å². The number of esters is 1. The predicted octanol–water partition coefficient (Wildman–Crippen LogP) is 4.91. The van der Waals surface area contributed by atoms with Gasteiger partial charge in [-0.25, -0.2) is 19.7 Å². The number of benzene rings is 1. The van der Waals surface area contributed by atoms with E-state index in [0.717, 1.165) is 28.4 Å². The third-order valence-corrected chi connectivity index (χ3v) is 8.06. The van der Waals surface area contributed by atoms with E-state index in [1.807, 2.05) is 0 Å². The van der Waals surface area contributed by atoms with Crippen molar-refractivity contribution in [2.24, 2.45) is 0 Å². The van der Waals surface area contributed by atoms with Gasteiger partial charge < -0.3 is 4.74 Å². The highest BCUT2D eigenvalue weighted by atomic mass is 32.2. The number of amides is 2. The first kappa shape index (κ1) is 27.6. The lowest BCUT2D eigenvalue weighted by Crippen LogP contribution is -2.31. The van der Waals surface area contributed by atoms with Gasteiger partial charge in [-0.2, -0.15) is 10.5 Å². The topological polar surface area (TPSA) is 137 Å². The number of hydrogen-bond acceptors (Lipinski definition) is 10. The number of ether oxygens (including phenoxy) is 1. The van der Waals surface area contributed by atoms with Crippen molar-refractivity contribution in [2.75, 3.05) is 12.0 Å². The van der Waals surface area contributed by atoms with E-state index in [0.29, 0.717) is 43.7 Å². The Kier molecular flexibility index (Phi) is 7.86. The van der Waals surface area contributed by atoms with Crippen molar-refractivity contribution in [1.82, 2.24) is 9.97 Å². The number of carbonyl (C=O) groups excluding carboxylic acids is 3. The zero-order valence-corrected chi connectivity index (χ0v) is 23.3. The molecule has 0 fully saturated rings. The highest BCUT2D eigenvalue weighted by Gasteiger charge is 2.41. The van der Waals surface area contributed by atoms with Gasteiger partial charge >= 0.3 is 5.97 Å². The summed E-state index contributed by atoms with van der Waals surface area (Å²) in [6.45, 7) is 7.10. The number of rotatable bonds is 6. The molecule has 9 nitrogen and oxygen atoms in total. The van der Waals surface area contributed by atoms with Crippen molar-refractivity contribution in [3.05, 3.63) is 85.4 Å². The third-order valence-electron chi connectivity index (χ3n) is 5.79.